The second-order valence-electron chi connectivity index (χ2n) is 3.48. The summed E-state index contributed by atoms with van der Waals surface area (Å²) < 4.78 is 0. The normalized spacial score (nSPS) is 9.71. The molecule has 1 aromatic carbocycles. The summed E-state index contributed by atoms with van der Waals surface area (Å²) >= 11 is 0. The van der Waals surface area contributed by atoms with Crippen molar-refractivity contribution in [1.29, 1.82) is 0 Å². The Morgan fingerprint density at radius 3 is 2.35 bits per heavy atom. The number of carboxylic acids is 1. The number of anilines is 1. The first-order chi connectivity index (χ1) is 8.02. The topological polar surface area (TPSA) is 95.7 Å². The van der Waals surface area contributed by atoms with Crippen LogP contribution in [0.4, 0.5) is 10.5 Å². The average Bonchev–Trinajstić information content (AvgIpc) is 2.27. The van der Waals surface area contributed by atoms with Crippen molar-refractivity contribution in [2.45, 2.75) is 13.3 Å². The first-order valence-corrected chi connectivity index (χ1v) is 5.17. The Bertz CT molecular complexity index is 387. The number of carbonyl (C=O) groups excluding carboxylic acids is 1. The molecule has 0 saturated heterocycles. The fourth-order valence-corrected chi connectivity index (χ4v) is 1.38. The molecule has 2 amide bonds. The number of rotatable bonds is 5. The molecule has 92 valence electrons. The van der Waals surface area contributed by atoms with E-state index >= 15 is 0 Å². The van der Waals surface area contributed by atoms with Crippen LogP contribution in [0.15, 0.2) is 24.3 Å². The van der Waals surface area contributed by atoms with Crippen LogP contribution in [0.3, 0.4) is 0 Å². The van der Waals surface area contributed by atoms with E-state index in [0.717, 1.165) is 12.0 Å². The van der Waals surface area contributed by atoms with E-state index in [1.807, 2.05) is 19.1 Å². The highest BCUT2D eigenvalue weighted by atomic mass is 16.4. The Morgan fingerprint density at radius 2 is 1.94 bits per heavy atom. The minimum absolute atomic E-state index is 0.353. The molecule has 0 heterocycles. The molecule has 17 heavy (non-hydrogen) atoms. The minimum Gasteiger partial charge on any atom is -0.480 e. The van der Waals surface area contributed by atoms with E-state index < -0.39 is 12.0 Å². The molecule has 0 atom stereocenters. The van der Waals surface area contributed by atoms with Crippen LogP contribution >= 0.6 is 0 Å². The van der Waals surface area contributed by atoms with E-state index in [1.54, 1.807) is 12.1 Å². The number of hydrogen-bond acceptors (Lipinski definition) is 3. The molecule has 0 aromatic heterocycles. The number of aliphatic carboxylic acids is 1. The smallest absolute Gasteiger partial charge is 0.330 e. The lowest BCUT2D eigenvalue weighted by Crippen LogP contribution is -2.47. The number of amides is 2. The number of urea groups is 1. The molecule has 0 radical (unpaired) electrons. The Balaban J connectivity index is 2.86. The highest BCUT2D eigenvalue weighted by molar-refractivity contribution is 5.78. The van der Waals surface area contributed by atoms with Crippen molar-refractivity contribution in [1.82, 2.24) is 5.43 Å². The molecular formula is C11H15N3O3. The lowest BCUT2D eigenvalue weighted by molar-refractivity contribution is -0.135. The second kappa shape index (κ2) is 5.74. The van der Waals surface area contributed by atoms with Crippen LogP contribution in [0.2, 0.25) is 0 Å². The van der Waals surface area contributed by atoms with Gasteiger partial charge in [-0.15, -0.1) is 0 Å². The average molecular weight is 237 g/mol. The summed E-state index contributed by atoms with van der Waals surface area (Å²) in [6.45, 7) is 1.67. The predicted molar refractivity (Wildman–Crippen MR) is 63.5 cm³/mol. The summed E-state index contributed by atoms with van der Waals surface area (Å²) in [5, 5.41) is 9.91. The maximum atomic E-state index is 10.8. The molecule has 0 spiro atoms. The summed E-state index contributed by atoms with van der Waals surface area (Å²) in [6, 6.07) is 6.40. The van der Waals surface area contributed by atoms with E-state index in [1.165, 1.54) is 5.01 Å². The number of carbonyl (C=O) groups is 2. The monoisotopic (exact) mass is 237 g/mol. The van der Waals surface area contributed by atoms with Gasteiger partial charge >= 0.3 is 12.0 Å². The van der Waals surface area contributed by atoms with E-state index in [0.29, 0.717) is 5.69 Å². The molecule has 1 rings (SSSR count). The van der Waals surface area contributed by atoms with Crippen LogP contribution < -0.4 is 16.2 Å². The summed E-state index contributed by atoms with van der Waals surface area (Å²) in [5.74, 6) is -1.06. The molecule has 0 bridgehead atoms. The van der Waals surface area contributed by atoms with Crippen molar-refractivity contribution in [3.05, 3.63) is 29.8 Å². The van der Waals surface area contributed by atoms with Crippen molar-refractivity contribution in [2.75, 3.05) is 11.6 Å². The van der Waals surface area contributed by atoms with Crippen LogP contribution in [0.25, 0.3) is 0 Å². The molecule has 6 nitrogen and oxygen atoms in total. The first-order valence-electron chi connectivity index (χ1n) is 5.17. The number of hydrazine groups is 1. The van der Waals surface area contributed by atoms with Gasteiger partial charge in [-0.25, -0.2) is 10.2 Å². The third kappa shape index (κ3) is 4.02. The third-order valence-corrected chi connectivity index (χ3v) is 2.19. The number of benzene rings is 1. The zero-order valence-corrected chi connectivity index (χ0v) is 9.51. The van der Waals surface area contributed by atoms with Gasteiger partial charge < -0.3 is 10.8 Å². The van der Waals surface area contributed by atoms with Gasteiger partial charge in [0.25, 0.3) is 0 Å². The third-order valence-electron chi connectivity index (χ3n) is 2.19. The Hall–Kier alpha value is -2.24. The fraction of sp³-hybridized carbons (Fsp3) is 0.273. The lowest BCUT2D eigenvalue weighted by atomic mass is 10.1. The van der Waals surface area contributed by atoms with Crippen LogP contribution in [0, 0.1) is 0 Å². The second-order valence-corrected chi connectivity index (χ2v) is 3.48. The number of nitrogens with one attached hydrogen (secondary N) is 1. The molecular weight excluding hydrogens is 222 g/mol. The van der Waals surface area contributed by atoms with Gasteiger partial charge in [-0.1, -0.05) is 19.1 Å². The number of aryl methyl sites for hydroxylation is 1. The van der Waals surface area contributed by atoms with Gasteiger partial charge in [-0.3, -0.25) is 9.80 Å². The molecule has 0 aliphatic carbocycles. The van der Waals surface area contributed by atoms with Gasteiger partial charge in [-0.2, -0.15) is 0 Å². The van der Waals surface area contributed by atoms with E-state index in [4.69, 9.17) is 10.8 Å². The van der Waals surface area contributed by atoms with Gasteiger partial charge in [0.05, 0.1) is 5.69 Å². The molecule has 1 aromatic rings. The fourth-order valence-electron chi connectivity index (χ4n) is 1.38. The molecule has 4 N–H and O–H groups in total. The quantitative estimate of drug-likeness (QED) is 0.657. The molecule has 0 aliphatic heterocycles. The van der Waals surface area contributed by atoms with E-state index in [2.05, 4.69) is 5.43 Å². The molecule has 0 fully saturated rings. The Morgan fingerprint density at radius 1 is 1.35 bits per heavy atom. The van der Waals surface area contributed by atoms with E-state index in [-0.39, 0.29) is 6.54 Å². The summed E-state index contributed by atoms with van der Waals surface area (Å²) in [5.41, 5.74) is 8.93. The molecule has 6 heteroatoms. The SMILES string of the molecule is CCc1ccc(N(CC(=O)O)NC(N)=O)cc1. The van der Waals surface area contributed by atoms with Crippen molar-refractivity contribution < 1.29 is 14.7 Å². The van der Waals surface area contributed by atoms with Crippen LogP contribution in [0.5, 0.6) is 0 Å². The van der Waals surface area contributed by atoms with E-state index in [9.17, 15) is 9.59 Å². The number of primary amides is 1. The highest BCUT2D eigenvalue weighted by Crippen LogP contribution is 2.13. The molecule has 0 saturated carbocycles. The van der Waals surface area contributed by atoms with Gasteiger partial charge in [0.1, 0.15) is 6.54 Å². The van der Waals surface area contributed by atoms with Crippen molar-refractivity contribution in [3.8, 4) is 0 Å². The van der Waals surface area contributed by atoms with Crippen molar-refractivity contribution in [2.24, 2.45) is 5.73 Å². The zero-order valence-electron chi connectivity index (χ0n) is 9.51. The Labute approximate surface area is 99.0 Å². The van der Waals surface area contributed by atoms with Gasteiger partial charge in [0, 0.05) is 0 Å². The van der Waals surface area contributed by atoms with Gasteiger partial charge in [-0.05, 0) is 24.1 Å². The number of nitrogens with zero attached hydrogens (tertiary/aromatic N) is 1. The van der Waals surface area contributed by atoms with Gasteiger partial charge in [0.2, 0.25) is 0 Å². The predicted octanol–water partition coefficient (Wildman–Crippen LogP) is 0.723. The first kappa shape index (κ1) is 12.8. The zero-order chi connectivity index (χ0) is 12.8. The minimum atomic E-state index is -1.06. The summed E-state index contributed by atoms with van der Waals surface area (Å²) in [7, 11) is 0. The summed E-state index contributed by atoms with van der Waals surface area (Å²) in [6.07, 6.45) is 0.891. The Kier molecular flexibility index (Phi) is 4.33. The maximum absolute atomic E-state index is 10.8. The van der Waals surface area contributed by atoms with Crippen molar-refractivity contribution >= 4 is 17.7 Å². The standard InChI is InChI=1S/C11H15N3O3/c1-2-8-3-5-9(6-4-8)14(7-10(15)16)13-11(12)17/h3-6H,2,7H2,1H3,(H,15,16)(H3,12,13,17). The largest absolute Gasteiger partial charge is 0.480 e. The number of nitrogens with two attached hydrogens (primary N) is 1. The van der Waals surface area contributed by atoms with Crippen LogP contribution in [-0.4, -0.2) is 23.7 Å². The molecule has 0 unspecified atom stereocenters. The van der Waals surface area contributed by atoms with Crippen molar-refractivity contribution in [3.63, 3.8) is 0 Å². The van der Waals surface area contributed by atoms with Crippen LogP contribution in [0.1, 0.15) is 12.5 Å². The highest BCUT2D eigenvalue weighted by Gasteiger charge is 2.11. The molecule has 0 aliphatic rings. The van der Waals surface area contributed by atoms with Gasteiger partial charge in [0.15, 0.2) is 0 Å². The summed E-state index contributed by atoms with van der Waals surface area (Å²) in [4.78, 5) is 21.4. The van der Waals surface area contributed by atoms with Crippen LogP contribution in [-0.2, 0) is 11.2 Å². The number of hydrogen-bond donors (Lipinski definition) is 3. The maximum Gasteiger partial charge on any atom is 0.330 e. The lowest BCUT2D eigenvalue weighted by Gasteiger charge is -2.22. The number of carboxylic acid groups (broad SMARTS) is 1.